The maximum Gasteiger partial charge on any atom is 0.337 e. The van der Waals surface area contributed by atoms with Crippen molar-refractivity contribution in [3.8, 4) is 11.5 Å². The number of carboxylic acid groups (broad SMARTS) is 1. The quantitative estimate of drug-likeness (QED) is 0.633. The fraction of sp³-hybridized carbons (Fsp3) is 0.150. The minimum atomic E-state index is -1.20. The van der Waals surface area contributed by atoms with Crippen LogP contribution in [0.25, 0.3) is 6.08 Å². The number of hydrogen-bond donors (Lipinski definition) is 1. The molecular weight excluding hydrogens is 480 g/mol. The molecule has 8 nitrogen and oxygen atoms in total. The highest BCUT2D eigenvalue weighted by atomic mass is 79.9. The third-order valence-electron chi connectivity index (χ3n) is 4.45. The largest absolute Gasteiger partial charge is 0.478 e. The number of hydrogen-bond acceptors (Lipinski definition) is 6. The molecule has 10 heteroatoms. The highest BCUT2D eigenvalue weighted by Gasteiger charge is 2.32. The van der Waals surface area contributed by atoms with E-state index in [1.54, 1.807) is 18.2 Å². The lowest BCUT2D eigenvalue weighted by Gasteiger charge is -2.13. The third-order valence-corrected chi connectivity index (χ3v) is 5.47. The molecule has 0 bridgehead atoms. The van der Waals surface area contributed by atoms with Gasteiger partial charge in [-0.1, -0.05) is 27.5 Å². The summed E-state index contributed by atoms with van der Waals surface area (Å²) in [6.07, 6.45) is 1.67. The van der Waals surface area contributed by atoms with E-state index in [1.165, 1.54) is 25.3 Å². The van der Waals surface area contributed by atoms with Gasteiger partial charge < -0.3 is 19.3 Å². The molecule has 0 radical (unpaired) electrons. The molecule has 2 aromatic carbocycles. The van der Waals surface area contributed by atoms with Crippen molar-refractivity contribution in [1.29, 1.82) is 0 Å². The van der Waals surface area contributed by atoms with E-state index in [0.717, 1.165) is 5.01 Å². The Morgan fingerprint density at radius 2 is 2.07 bits per heavy atom. The van der Waals surface area contributed by atoms with Crippen LogP contribution in [-0.4, -0.2) is 43.2 Å². The zero-order valence-electron chi connectivity index (χ0n) is 15.5. The number of aromatic carboxylic acids is 1. The van der Waals surface area contributed by atoms with Gasteiger partial charge in [-0.25, -0.2) is 4.79 Å². The molecule has 2 aromatic rings. The highest BCUT2D eigenvalue weighted by Crippen LogP contribution is 2.38. The number of benzene rings is 2. The van der Waals surface area contributed by atoms with Crippen LogP contribution in [0.1, 0.15) is 15.9 Å². The summed E-state index contributed by atoms with van der Waals surface area (Å²) >= 11 is 9.41. The lowest BCUT2D eigenvalue weighted by molar-refractivity contribution is -0.114. The first kappa shape index (κ1) is 20.4. The van der Waals surface area contributed by atoms with Gasteiger partial charge >= 0.3 is 5.97 Å². The van der Waals surface area contributed by atoms with Crippen LogP contribution in [0.5, 0.6) is 11.5 Å². The summed E-state index contributed by atoms with van der Waals surface area (Å²) in [5.41, 5.74) is 1.56. The van der Waals surface area contributed by atoms with E-state index in [4.69, 9.17) is 25.8 Å². The molecule has 2 heterocycles. The van der Waals surface area contributed by atoms with Crippen molar-refractivity contribution in [2.24, 2.45) is 5.10 Å². The number of rotatable bonds is 5. The Bertz CT molecular complexity index is 1130. The Kier molecular flexibility index (Phi) is 5.50. The maximum atomic E-state index is 13.1. The van der Waals surface area contributed by atoms with E-state index in [1.807, 2.05) is 0 Å². The van der Waals surface area contributed by atoms with Crippen LogP contribution in [0.15, 0.2) is 45.5 Å². The number of methoxy groups -OCH3 is 1. The van der Waals surface area contributed by atoms with Gasteiger partial charge in [0.2, 0.25) is 6.79 Å². The predicted octanol–water partition coefficient (Wildman–Crippen LogP) is 3.96. The Hall–Kier alpha value is -2.88. The van der Waals surface area contributed by atoms with Crippen LogP contribution >= 0.6 is 27.5 Å². The minimum absolute atomic E-state index is 0.0686. The van der Waals surface area contributed by atoms with Crippen LogP contribution in [0.4, 0.5) is 5.69 Å². The number of carboxylic acids is 1. The summed E-state index contributed by atoms with van der Waals surface area (Å²) in [6, 6.07) is 7.76. The average Bonchev–Trinajstić information content (AvgIpc) is 3.28. The van der Waals surface area contributed by atoms with Gasteiger partial charge in [0.15, 0.2) is 11.5 Å². The van der Waals surface area contributed by atoms with Crippen LogP contribution in [0.3, 0.4) is 0 Å². The molecule has 1 N–H and O–H groups in total. The van der Waals surface area contributed by atoms with Crippen molar-refractivity contribution in [1.82, 2.24) is 0 Å². The number of nitrogens with zero attached hydrogens (tertiary/aromatic N) is 2. The number of amides is 1. The second-order valence-corrected chi connectivity index (χ2v) is 7.61. The van der Waals surface area contributed by atoms with Gasteiger partial charge in [-0.15, -0.1) is 0 Å². The molecular formula is C20H14BrClN2O6. The molecule has 154 valence electrons. The van der Waals surface area contributed by atoms with Crippen molar-refractivity contribution in [3.05, 3.63) is 56.5 Å². The molecule has 30 heavy (non-hydrogen) atoms. The zero-order chi connectivity index (χ0) is 21.4. The number of hydrazone groups is 1. The predicted molar refractivity (Wildman–Crippen MR) is 113 cm³/mol. The van der Waals surface area contributed by atoms with Crippen LogP contribution in [0, 0.1) is 0 Å². The SMILES string of the molecule is COCC1=NN(c2ccc(Cl)c(C(=O)O)c2)C(=O)/C1=C\c1cc2c(cc1Br)OCO2. The van der Waals surface area contributed by atoms with Crippen LogP contribution < -0.4 is 14.5 Å². The Balaban J connectivity index is 1.75. The molecule has 0 saturated heterocycles. The Morgan fingerprint density at radius 1 is 1.33 bits per heavy atom. The zero-order valence-corrected chi connectivity index (χ0v) is 17.9. The summed E-state index contributed by atoms with van der Waals surface area (Å²) in [7, 11) is 1.49. The number of carbonyl (C=O) groups excluding carboxylic acids is 1. The van der Waals surface area contributed by atoms with Crippen molar-refractivity contribution in [3.63, 3.8) is 0 Å². The smallest absolute Gasteiger partial charge is 0.337 e. The average molecular weight is 494 g/mol. The number of anilines is 1. The summed E-state index contributed by atoms with van der Waals surface area (Å²) in [6.45, 7) is 0.225. The molecule has 0 aromatic heterocycles. The van der Waals surface area contributed by atoms with Gasteiger partial charge in [-0.05, 0) is 42.0 Å². The first-order chi connectivity index (χ1) is 14.4. The van der Waals surface area contributed by atoms with Gasteiger partial charge in [0.25, 0.3) is 5.91 Å². The maximum absolute atomic E-state index is 13.1. The van der Waals surface area contributed by atoms with E-state index in [2.05, 4.69) is 21.0 Å². The lowest BCUT2D eigenvalue weighted by atomic mass is 10.1. The molecule has 1 amide bonds. The highest BCUT2D eigenvalue weighted by molar-refractivity contribution is 9.10. The minimum Gasteiger partial charge on any atom is -0.478 e. The molecule has 0 spiro atoms. The first-order valence-corrected chi connectivity index (χ1v) is 9.81. The van der Waals surface area contributed by atoms with E-state index in [0.29, 0.717) is 32.8 Å². The van der Waals surface area contributed by atoms with E-state index < -0.39 is 11.9 Å². The topological polar surface area (TPSA) is 97.7 Å². The van der Waals surface area contributed by atoms with Crippen LogP contribution in [0.2, 0.25) is 5.02 Å². The van der Waals surface area contributed by atoms with Gasteiger partial charge in [0.05, 0.1) is 34.2 Å². The summed E-state index contributed by atoms with van der Waals surface area (Å²) in [5, 5.41) is 14.8. The molecule has 0 aliphatic carbocycles. The molecule has 0 unspecified atom stereocenters. The van der Waals surface area contributed by atoms with Gasteiger partial charge in [-0.2, -0.15) is 10.1 Å². The third kappa shape index (κ3) is 3.67. The molecule has 0 atom stereocenters. The summed E-state index contributed by atoms with van der Waals surface area (Å²) < 4.78 is 16.7. The van der Waals surface area contributed by atoms with E-state index in [9.17, 15) is 14.7 Å². The standard InChI is InChI=1S/C20H14BrClN2O6/c1-28-8-16-13(4-10-5-17-18(7-14(10)21)30-9-29-17)19(25)24(23-16)11-2-3-15(22)12(6-11)20(26)27/h2-7H,8-9H2,1H3,(H,26,27)/b13-4-. The second-order valence-electron chi connectivity index (χ2n) is 6.35. The van der Waals surface area contributed by atoms with E-state index >= 15 is 0 Å². The van der Waals surface area contributed by atoms with Gasteiger partial charge in [0, 0.05) is 11.6 Å². The second kappa shape index (κ2) is 8.10. The van der Waals surface area contributed by atoms with Gasteiger partial charge in [0.1, 0.15) is 0 Å². The summed E-state index contributed by atoms with van der Waals surface area (Å²) in [5.74, 6) is -0.446. The Labute approximate surface area is 184 Å². The number of ether oxygens (including phenoxy) is 3. The lowest BCUT2D eigenvalue weighted by Crippen LogP contribution is -2.22. The molecule has 2 aliphatic rings. The molecule has 2 aliphatic heterocycles. The fourth-order valence-electron chi connectivity index (χ4n) is 3.03. The normalized spacial score (nSPS) is 16.4. The van der Waals surface area contributed by atoms with Gasteiger partial charge in [-0.3, -0.25) is 4.79 Å². The van der Waals surface area contributed by atoms with Crippen molar-refractivity contribution >= 4 is 56.9 Å². The molecule has 0 saturated carbocycles. The number of halogens is 2. The molecule has 0 fully saturated rings. The van der Waals surface area contributed by atoms with Crippen LogP contribution in [-0.2, 0) is 9.53 Å². The van der Waals surface area contributed by atoms with Crippen molar-refractivity contribution < 1.29 is 28.9 Å². The number of fused-ring (bicyclic) bond motifs is 1. The fourth-order valence-corrected chi connectivity index (χ4v) is 3.66. The van der Waals surface area contributed by atoms with Crippen molar-refractivity contribution in [2.45, 2.75) is 0 Å². The van der Waals surface area contributed by atoms with Crippen molar-refractivity contribution in [2.75, 3.05) is 25.5 Å². The summed E-state index contributed by atoms with van der Waals surface area (Å²) in [4.78, 5) is 24.5. The Morgan fingerprint density at radius 3 is 2.77 bits per heavy atom. The first-order valence-electron chi connectivity index (χ1n) is 8.64. The van der Waals surface area contributed by atoms with E-state index in [-0.39, 0.29) is 29.7 Å². The monoisotopic (exact) mass is 492 g/mol. The molecule has 4 rings (SSSR count). The number of carbonyl (C=O) groups is 2.